The zero-order valence-electron chi connectivity index (χ0n) is 15.0. The highest BCUT2D eigenvalue weighted by molar-refractivity contribution is 6.06. The molecule has 1 aliphatic heterocycles. The third-order valence-electron chi connectivity index (χ3n) is 4.70. The fraction of sp³-hybridized carbons (Fsp3) is 0.350. The summed E-state index contributed by atoms with van der Waals surface area (Å²) in [5, 5.41) is 12.4. The van der Waals surface area contributed by atoms with E-state index in [4.69, 9.17) is 0 Å². The standard InChI is InChI=1S/C20H23N3O3/c1-13-6-5-9-23(12-13)18-17(20(25)26)10-15(11-21-18)22-19(24)16-8-4-3-7-14(16)2/h3-4,7-8,10-11,13H,5-6,9,12H2,1-2H3,(H,22,24)(H,25,26). The second-order valence-electron chi connectivity index (χ2n) is 6.86. The number of carboxylic acids is 1. The van der Waals surface area contributed by atoms with Crippen LogP contribution in [0.3, 0.4) is 0 Å². The molecular formula is C20H23N3O3. The minimum absolute atomic E-state index is 0.113. The normalized spacial score (nSPS) is 17.0. The molecule has 3 rings (SSSR count). The third-order valence-corrected chi connectivity index (χ3v) is 4.70. The molecule has 1 unspecified atom stereocenters. The number of nitrogens with zero attached hydrogens (tertiary/aromatic N) is 2. The number of pyridine rings is 1. The molecule has 6 nitrogen and oxygen atoms in total. The van der Waals surface area contributed by atoms with E-state index >= 15 is 0 Å². The molecule has 2 aromatic rings. The van der Waals surface area contributed by atoms with Gasteiger partial charge in [0.1, 0.15) is 11.4 Å². The number of nitrogens with one attached hydrogen (secondary N) is 1. The van der Waals surface area contributed by atoms with E-state index in [9.17, 15) is 14.7 Å². The second-order valence-corrected chi connectivity index (χ2v) is 6.86. The summed E-state index contributed by atoms with van der Waals surface area (Å²) in [4.78, 5) is 30.6. The van der Waals surface area contributed by atoms with Crippen LogP contribution in [0.1, 0.15) is 46.0 Å². The lowest BCUT2D eigenvalue weighted by Gasteiger charge is -2.32. The van der Waals surface area contributed by atoms with Crippen molar-refractivity contribution in [3.63, 3.8) is 0 Å². The number of aryl methyl sites for hydroxylation is 1. The van der Waals surface area contributed by atoms with Crippen molar-refractivity contribution in [1.82, 2.24) is 4.98 Å². The van der Waals surface area contributed by atoms with Crippen molar-refractivity contribution < 1.29 is 14.7 Å². The van der Waals surface area contributed by atoms with Crippen LogP contribution in [0.15, 0.2) is 36.5 Å². The molecule has 0 bridgehead atoms. The molecule has 1 fully saturated rings. The zero-order valence-corrected chi connectivity index (χ0v) is 15.0. The number of carbonyl (C=O) groups is 2. The van der Waals surface area contributed by atoms with Crippen LogP contribution in [-0.4, -0.2) is 35.1 Å². The number of piperidine rings is 1. The van der Waals surface area contributed by atoms with E-state index < -0.39 is 5.97 Å². The molecule has 1 aromatic carbocycles. The lowest BCUT2D eigenvalue weighted by molar-refractivity contribution is 0.0696. The van der Waals surface area contributed by atoms with Crippen LogP contribution in [0.4, 0.5) is 11.5 Å². The summed E-state index contributed by atoms with van der Waals surface area (Å²) < 4.78 is 0. The number of benzene rings is 1. The molecule has 2 heterocycles. The van der Waals surface area contributed by atoms with E-state index in [1.54, 1.807) is 12.1 Å². The lowest BCUT2D eigenvalue weighted by atomic mass is 10.00. The van der Waals surface area contributed by atoms with Gasteiger partial charge in [0.25, 0.3) is 5.91 Å². The van der Waals surface area contributed by atoms with Gasteiger partial charge in [-0.05, 0) is 43.4 Å². The Morgan fingerprint density at radius 2 is 2.04 bits per heavy atom. The number of anilines is 2. The van der Waals surface area contributed by atoms with Crippen LogP contribution < -0.4 is 10.2 Å². The number of rotatable bonds is 4. The van der Waals surface area contributed by atoms with Crippen molar-refractivity contribution in [1.29, 1.82) is 0 Å². The first-order valence-electron chi connectivity index (χ1n) is 8.81. The van der Waals surface area contributed by atoms with E-state index in [-0.39, 0.29) is 11.5 Å². The van der Waals surface area contributed by atoms with Gasteiger partial charge >= 0.3 is 5.97 Å². The Balaban J connectivity index is 1.86. The van der Waals surface area contributed by atoms with Gasteiger partial charge in [-0.3, -0.25) is 4.79 Å². The predicted octanol–water partition coefficient (Wildman–Crippen LogP) is 3.58. The van der Waals surface area contributed by atoms with E-state index in [2.05, 4.69) is 17.2 Å². The average molecular weight is 353 g/mol. The Bertz CT molecular complexity index is 835. The van der Waals surface area contributed by atoms with E-state index in [0.717, 1.165) is 31.5 Å². The summed E-state index contributed by atoms with van der Waals surface area (Å²) in [6, 6.07) is 8.74. The van der Waals surface area contributed by atoms with Gasteiger partial charge < -0.3 is 15.3 Å². The first-order valence-corrected chi connectivity index (χ1v) is 8.81. The third kappa shape index (κ3) is 3.85. The number of hydrogen-bond acceptors (Lipinski definition) is 4. The van der Waals surface area contributed by atoms with E-state index in [1.807, 2.05) is 24.0 Å². The number of hydrogen-bond donors (Lipinski definition) is 2. The van der Waals surface area contributed by atoms with Gasteiger partial charge in [0.05, 0.1) is 11.9 Å². The Morgan fingerprint density at radius 1 is 1.27 bits per heavy atom. The maximum Gasteiger partial charge on any atom is 0.339 e. The smallest absolute Gasteiger partial charge is 0.339 e. The number of aromatic nitrogens is 1. The highest BCUT2D eigenvalue weighted by atomic mass is 16.4. The molecule has 6 heteroatoms. The Morgan fingerprint density at radius 3 is 2.73 bits per heavy atom. The highest BCUT2D eigenvalue weighted by Crippen LogP contribution is 2.26. The first-order chi connectivity index (χ1) is 12.5. The van der Waals surface area contributed by atoms with Gasteiger partial charge in [0.15, 0.2) is 0 Å². The summed E-state index contributed by atoms with van der Waals surface area (Å²) in [7, 11) is 0. The highest BCUT2D eigenvalue weighted by Gasteiger charge is 2.23. The van der Waals surface area contributed by atoms with E-state index in [1.165, 1.54) is 12.3 Å². The molecule has 0 saturated carbocycles. The molecule has 1 amide bonds. The Kier molecular flexibility index (Phi) is 5.21. The molecular weight excluding hydrogens is 330 g/mol. The molecule has 0 aliphatic carbocycles. The summed E-state index contributed by atoms with van der Waals surface area (Å²) in [5.41, 5.74) is 1.90. The molecule has 26 heavy (non-hydrogen) atoms. The summed E-state index contributed by atoms with van der Waals surface area (Å²) in [6.45, 7) is 5.61. The first kappa shape index (κ1) is 17.9. The van der Waals surface area contributed by atoms with Crippen molar-refractivity contribution in [3.8, 4) is 0 Å². The van der Waals surface area contributed by atoms with Crippen molar-refractivity contribution in [2.24, 2.45) is 5.92 Å². The molecule has 136 valence electrons. The van der Waals surface area contributed by atoms with Gasteiger partial charge in [-0.1, -0.05) is 25.1 Å². The van der Waals surface area contributed by atoms with Crippen LogP contribution in [-0.2, 0) is 0 Å². The molecule has 2 N–H and O–H groups in total. The molecule has 0 radical (unpaired) electrons. The Hall–Kier alpha value is -2.89. The van der Waals surface area contributed by atoms with Crippen molar-refractivity contribution in [3.05, 3.63) is 53.2 Å². The van der Waals surface area contributed by atoms with Crippen LogP contribution in [0.25, 0.3) is 0 Å². The second kappa shape index (κ2) is 7.56. The summed E-state index contributed by atoms with van der Waals surface area (Å²) >= 11 is 0. The van der Waals surface area contributed by atoms with Gasteiger partial charge in [-0.15, -0.1) is 0 Å². The lowest BCUT2D eigenvalue weighted by Crippen LogP contribution is -2.36. The van der Waals surface area contributed by atoms with Gasteiger partial charge in [-0.2, -0.15) is 0 Å². The summed E-state index contributed by atoms with van der Waals surface area (Å²) in [6.07, 6.45) is 3.69. The van der Waals surface area contributed by atoms with Crippen molar-refractivity contribution in [2.75, 3.05) is 23.3 Å². The SMILES string of the molecule is Cc1ccccc1C(=O)Nc1cnc(N2CCCC(C)C2)c(C(=O)O)c1. The summed E-state index contributed by atoms with van der Waals surface area (Å²) in [5.74, 6) is -0.344. The van der Waals surface area contributed by atoms with Crippen molar-refractivity contribution >= 4 is 23.4 Å². The number of amides is 1. The molecule has 1 atom stereocenters. The topological polar surface area (TPSA) is 82.5 Å². The monoisotopic (exact) mass is 353 g/mol. The predicted molar refractivity (Wildman–Crippen MR) is 101 cm³/mol. The van der Waals surface area contributed by atoms with Crippen LogP contribution >= 0.6 is 0 Å². The van der Waals surface area contributed by atoms with E-state index in [0.29, 0.717) is 23.0 Å². The fourth-order valence-electron chi connectivity index (χ4n) is 3.34. The maximum absolute atomic E-state index is 12.4. The zero-order chi connectivity index (χ0) is 18.7. The quantitative estimate of drug-likeness (QED) is 0.878. The minimum Gasteiger partial charge on any atom is -0.478 e. The number of carboxylic acid groups (broad SMARTS) is 1. The molecule has 1 saturated heterocycles. The molecule has 0 spiro atoms. The number of aromatic carboxylic acids is 1. The molecule has 1 aromatic heterocycles. The number of carbonyl (C=O) groups excluding carboxylic acids is 1. The Labute approximate surface area is 152 Å². The van der Waals surface area contributed by atoms with Gasteiger partial charge in [0, 0.05) is 18.7 Å². The van der Waals surface area contributed by atoms with Gasteiger partial charge in [0.2, 0.25) is 0 Å². The van der Waals surface area contributed by atoms with Crippen LogP contribution in [0, 0.1) is 12.8 Å². The maximum atomic E-state index is 12.4. The fourth-order valence-corrected chi connectivity index (χ4v) is 3.34. The van der Waals surface area contributed by atoms with Crippen LogP contribution in [0.2, 0.25) is 0 Å². The minimum atomic E-state index is -1.04. The largest absolute Gasteiger partial charge is 0.478 e. The van der Waals surface area contributed by atoms with Crippen molar-refractivity contribution in [2.45, 2.75) is 26.7 Å². The molecule has 1 aliphatic rings. The average Bonchev–Trinajstić information content (AvgIpc) is 2.62. The van der Waals surface area contributed by atoms with Crippen LogP contribution in [0.5, 0.6) is 0 Å². The van der Waals surface area contributed by atoms with Gasteiger partial charge in [-0.25, -0.2) is 9.78 Å².